The van der Waals surface area contributed by atoms with Crippen LogP contribution >= 0.6 is 15.6 Å². The van der Waals surface area contributed by atoms with Crippen molar-refractivity contribution in [3.05, 3.63) is 23.3 Å². The molecule has 8 nitrogen and oxygen atoms in total. The zero-order chi connectivity index (χ0) is 17.9. The summed E-state index contributed by atoms with van der Waals surface area (Å²) in [6, 6.07) is 0. The standard InChI is InChI=1S/C13H23NO7P2/c1-4-9-14-11-13(3)7-5-6-12(2)8-10-20-23(18,19)21-22(15,16)17/h1,7-8,14H,5-6,9-11H2,2-3H3,(H,18,19)(H2,15,16,17)/b12-8+,13-7+. The number of hydrogen-bond acceptors (Lipinski definition) is 5. The molecule has 0 aromatic heterocycles. The fraction of sp³-hybridized carbons (Fsp3) is 0.538. The molecule has 1 atom stereocenters. The second kappa shape index (κ2) is 10.9. The summed E-state index contributed by atoms with van der Waals surface area (Å²) in [5.74, 6) is 2.48. The van der Waals surface area contributed by atoms with Crippen molar-refractivity contribution in [2.75, 3.05) is 19.7 Å². The van der Waals surface area contributed by atoms with Crippen LogP contribution in [0, 0.1) is 12.3 Å². The highest BCUT2D eigenvalue weighted by Crippen LogP contribution is 2.57. The van der Waals surface area contributed by atoms with E-state index < -0.39 is 15.6 Å². The van der Waals surface area contributed by atoms with Gasteiger partial charge in [0.05, 0.1) is 13.2 Å². The van der Waals surface area contributed by atoms with Crippen LogP contribution in [0.5, 0.6) is 0 Å². The summed E-state index contributed by atoms with van der Waals surface area (Å²) >= 11 is 0. The maximum atomic E-state index is 11.2. The largest absolute Gasteiger partial charge is 0.481 e. The van der Waals surface area contributed by atoms with Crippen molar-refractivity contribution in [3.8, 4) is 12.3 Å². The molecule has 0 amide bonds. The lowest BCUT2D eigenvalue weighted by molar-refractivity contribution is 0.191. The summed E-state index contributed by atoms with van der Waals surface area (Å²) in [5.41, 5.74) is 2.06. The molecule has 0 heterocycles. The van der Waals surface area contributed by atoms with E-state index in [-0.39, 0.29) is 6.61 Å². The van der Waals surface area contributed by atoms with Crippen molar-refractivity contribution in [2.45, 2.75) is 26.7 Å². The highest BCUT2D eigenvalue weighted by Gasteiger charge is 2.31. The monoisotopic (exact) mass is 367 g/mol. The number of nitrogens with one attached hydrogen (secondary N) is 1. The van der Waals surface area contributed by atoms with Crippen LogP contribution < -0.4 is 5.32 Å². The Hall–Kier alpha value is -0.740. The Bertz CT molecular complexity index is 559. The predicted octanol–water partition coefficient (Wildman–Crippen LogP) is 2.11. The lowest BCUT2D eigenvalue weighted by Gasteiger charge is -2.11. The topological polar surface area (TPSA) is 125 Å². The van der Waals surface area contributed by atoms with Crippen LogP contribution in [0.1, 0.15) is 26.7 Å². The van der Waals surface area contributed by atoms with Crippen molar-refractivity contribution < 1.29 is 32.6 Å². The summed E-state index contributed by atoms with van der Waals surface area (Å²) < 4.78 is 29.8. The zero-order valence-electron chi connectivity index (χ0n) is 13.1. The number of terminal acetylenes is 1. The van der Waals surface area contributed by atoms with Crippen LogP contribution in [0.25, 0.3) is 0 Å². The molecular weight excluding hydrogens is 344 g/mol. The summed E-state index contributed by atoms with van der Waals surface area (Å²) in [6.45, 7) is 4.73. The molecule has 1 unspecified atom stereocenters. The van der Waals surface area contributed by atoms with E-state index in [2.05, 4.69) is 26.1 Å². The smallest absolute Gasteiger partial charge is 0.302 e. The van der Waals surface area contributed by atoms with Crippen molar-refractivity contribution in [3.63, 3.8) is 0 Å². The zero-order valence-corrected chi connectivity index (χ0v) is 14.9. The molecule has 0 aliphatic carbocycles. The van der Waals surface area contributed by atoms with E-state index in [4.69, 9.17) is 21.1 Å². The van der Waals surface area contributed by atoms with E-state index in [1.54, 1.807) is 6.08 Å². The van der Waals surface area contributed by atoms with Crippen LogP contribution in [-0.2, 0) is 18.0 Å². The van der Waals surface area contributed by atoms with Gasteiger partial charge in [-0.25, -0.2) is 9.13 Å². The molecule has 0 aromatic carbocycles. The Balaban J connectivity index is 4.13. The summed E-state index contributed by atoms with van der Waals surface area (Å²) in [7, 11) is -9.85. The van der Waals surface area contributed by atoms with E-state index in [0.29, 0.717) is 19.5 Å². The van der Waals surface area contributed by atoms with Gasteiger partial charge >= 0.3 is 15.6 Å². The van der Waals surface area contributed by atoms with Gasteiger partial charge < -0.3 is 20.0 Å². The Morgan fingerprint density at radius 2 is 1.87 bits per heavy atom. The minimum Gasteiger partial charge on any atom is -0.302 e. The second-order valence-electron chi connectivity index (χ2n) is 4.78. The molecule has 0 aliphatic rings. The Labute approximate surface area is 136 Å². The average molecular weight is 367 g/mol. The number of allylic oxidation sites excluding steroid dienone is 2. The molecule has 0 aliphatic heterocycles. The Morgan fingerprint density at radius 3 is 2.43 bits per heavy atom. The first-order valence-corrected chi connectivity index (χ1v) is 9.78. The third kappa shape index (κ3) is 14.6. The molecule has 0 radical (unpaired) electrons. The molecule has 0 fully saturated rings. The van der Waals surface area contributed by atoms with E-state index in [9.17, 15) is 9.13 Å². The van der Waals surface area contributed by atoms with Crippen molar-refractivity contribution in [2.24, 2.45) is 0 Å². The van der Waals surface area contributed by atoms with E-state index >= 15 is 0 Å². The van der Waals surface area contributed by atoms with Crippen molar-refractivity contribution >= 4 is 15.6 Å². The molecule has 0 saturated heterocycles. The van der Waals surface area contributed by atoms with Gasteiger partial charge in [0.1, 0.15) is 0 Å². The van der Waals surface area contributed by atoms with Gasteiger partial charge in [0, 0.05) is 6.54 Å². The highest BCUT2D eigenvalue weighted by atomic mass is 31.3. The van der Waals surface area contributed by atoms with E-state index in [0.717, 1.165) is 17.6 Å². The fourth-order valence-corrected chi connectivity index (χ4v) is 3.01. The van der Waals surface area contributed by atoms with Crippen LogP contribution in [0.3, 0.4) is 0 Å². The fourth-order valence-electron chi connectivity index (χ4n) is 1.48. The molecule has 0 aromatic rings. The molecular formula is C13H23NO7P2. The first kappa shape index (κ1) is 22.3. The van der Waals surface area contributed by atoms with Gasteiger partial charge in [0.15, 0.2) is 0 Å². The number of phosphoric ester groups is 1. The van der Waals surface area contributed by atoms with Crippen LogP contribution in [0.4, 0.5) is 0 Å². The number of phosphoric acid groups is 2. The normalized spacial score (nSPS) is 16.0. The average Bonchev–Trinajstić information content (AvgIpc) is 2.35. The van der Waals surface area contributed by atoms with Crippen LogP contribution in [0.2, 0.25) is 0 Å². The second-order valence-corrected chi connectivity index (χ2v) is 7.61. The third-order valence-corrected chi connectivity index (χ3v) is 4.69. The SMILES string of the molecule is C#CCNC/C(C)=C/CC/C(C)=C/COP(=O)(O)OP(=O)(O)O. The molecule has 10 heteroatoms. The maximum Gasteiger partial charge on any atom is 0.481 e. The van der Waals surface area contributed by atoms with Gasteiger partial charge in [0.25, 0.3) is 0 Å². The van der Waals surface area contributed by atoms with Crippen LogP contribution in [-0.4, -0.2) is 34.4 Å². The molecule has 0 rings (SSSR count). The minimum atomic E-state index is -5.08. The molecule has 0 bridgehead atoms. The molecule has 132 valence electrons. The number of rotatable bonds is 11. The van der Waals surface area contributed by atoms with Crippen LogP contribution in [0.15, 0.2) is 23.3 Å². The predicted molar refractivity (Wildman–Crippen MR) is 87.4 cm³/mol. The Morgan fingerprint density at radius 1 is 1.22 bits per heavy atom. The molecule has 0 saturated carbocycles. The van der Waals surface area contributed by atoms with E-state index in [1.165, 1.54) is 0 Å². The first-order valence-electron chi connectivity index (χ1n) is 6.75. The first-order chi connectivity index (χ1) is 10.6. The molecule has 23 heavy (non-hydrogen) atoms. The minimum absolute atomic E-state index is 0.286. The lowest BCUT2D eigenvalue weighted by atomic mass is 10.1. The van der Waals surface area contributed by atoms with Gasteiger partial charge in [-0.05, 0) is 26.7 Å². The third-order valence-electron chi connectivity index (χ3n) is 2.54. The summed E-state index contributed by atoms with van der Waals surface area (Å²) in [6.07, 6.45) is 10.2. The maximum absolute atomic E-state index is 11.2. The quantitative estimate of drug-likeness (QED) is 0.189. The lowest BCUT2D eigenvalue weighted by Crippen LogP contribution is -2.15. The van der Waals surface area contributed by atoms with Gasteiger partial charge in [-0.3, -0.25) is 4.52 Å². The highest BCUT2D eigenvalue weighted by molar-refractivity contribution is 7.60. The molecule has 0 spiro atoms. The van der Waals surface area contributed by atoms with Crippen molar-refractivity contribution in [1.82, 2.24) is 5.32 Å². The molecule has 4 N–H and O–H groups in total. The van der Waals surface area contributed by atoms with E-state index in [1.807, 2.05) is 13.8 Å². The summed E-state index contributed by atoms with van der Waals surface area (Å²) in [4.78, 5) is 26.0. The summed E-state index contributed by atoms with van der Waals surface area (Å²) in [5, 5.41) is 3.07. The van der Waals surface area contributed by atoms with Gasteiger partial charge in [-0.2, -0.15) is 4.31 Å². The van der Waals surface area contributed by atoms with Gasteiger partial charge in [-0.1, -0.05) is 29.2 Å². The van der Waals surface area contributed by atoms with Crippen molar-refractivity contribution in [1.29, 1.82) is 0 Å². The van der Waals surface area contributed by atoms with Gasteiger partial charge in [-0.15, -0.1) is 6.42 Å². The van der Waals surface area contributed by atoms with Gasteiger partial charge in [0.2, 0.25) is 0 Å². The Kier molecular flexibility index (Phi) is 10.6. The number of hydrogen-bond donors (Lipinski definition) is 4.